The van der Waals surface area contributed by atoms with Gasteiger partial charge in [-0.1, -0.05) is 64.5 Å². The van der Waals surface area contributed by atoms with Gasteiger partial charge in [0.1, 0.15) is 0 Å². The lowest BCUT2D eigenvalue weighted by atomic mass is 9.99. The summed E-state index contributed by atoms with van der Waals surface area (Å²) in [6.07, 6.45) is 2.72. The molecule has 1 heterocycles. The van der Waals surface area contributed by atoms with Crippen LogP contribution in [-0.4, -0.2) is 23.6 Å². The van der Waals surface area contributed by atoms with E-state index in [0.29, 0.717) is 5.56 Å². The topological polar surface area (TPSA) is 44.7 Å². The van der Waals surface area contributed by atoms with Crippen LogP contribution >= 0.6 is 15.9 Å². The molecule has 0 aliphatic carbocycles. The number of halogens is 1. The molecule has 0 saturated heterocycles. The SMILES string of the molecule is O=C(NN=Cc1cccc(Br)c1)c1ccc(CN2CCc3ccccc3C2)cc1. The molecule has 0 fully saturated rings. The predicted molar refractivity (Wildman–Crippen MR) is 120 cm³/mol. The highest BCUT2D eigenvalue weighted by Gasteiger charge is 2.15. The number of hydrogen-bond acceptors (Lipinski definition) is 3. The van der Waals surface area contributed by atoms with Crippen LogP contribution in [0.25, 0.3) is 0 Å². The summed E-state index contributed by atoms with van der Waals surface area (Å²) in [5.74, 6) is -0.213. The summed E-state index contributed by atoms with van der Waals surface area (Å²) in [6.45, 7) is 2.92. The number of carbonyl (C=O) groups excluding carboxylic acids is 1. The molecular formula is C24H22BrN3O. The molecule has 0 unspecified atom stereocenters. The Kier molecular flexibility index (Phi) is 6.17. The van der Waals surface area contributed by atoms with Crippen LogP contribution < -0.4 is 5.43 Å². The maximum atomic E-state index is 12.3. The van der Waals surface area contributed by atoms with E-state index in [9.17, 15) is 4.79 Å². The molecule has 1 amide bonds. The van der Waals surface area contributed by atoms with E-state index in [0.717, 1.165) is 36.1 Å². The third kappa shape index (κ3) is 5.19. The molecule has 1 aliphatic rings. The molecule has 1 aliphatic heterocycles. The first-order chi connectivity index (χ1) is 14.2. The summed E-state index contributed by atoms with van der Waals surface area (Å²) in [5, 5.41) is 4.04. The van der Waals surface area contributed by atoms with Crippen LogP contribution in [0.2, 0.25) is 0 Å². The lowest BCUT2D eigenvalue weighted by Gasteiger charge is -2.28. The summed E-state index contributed by atoms with van der Waals surface area (Å²) >= 11 is 3.42. The predicted octanol–water partition coefficient (Wildman–Crippen LogP) is 4.77. The highest BCUT2D eigenvalue weighted by Crippen LogP contribution is 2.20. The van der Waals surface area contributed by atoms with Gasteiger partial charge in [-0.2, -0.15) is 5.10 Å². The van der Waals surface area contributed by atoms with Gasteiger partial charge in [0, 0.05) is 29.7 Å². The fourth-order valence-electron chi connectivity index (χ4n) is 3.53. The van der Waals surface area contributed by atoms with Gasteiger partial charge in [0.05, 0.1) is 6.21 Å². The number of nitrogens with one attached hydrogen (secondary N) is 1. The third-order valence-electron chi connectivity index (χ3n) is 5.06. The Morgan fingerprint density at radius 2 is 1.83 bits per heavy atom. The number of benzene rings is 3. The molecule has 0 spiro atoms. The van der Waals surface area contributed by atoms with Crippen molar-refractivity contribution >= 4 is 28.1 Å². The monoisotopic (exact) mass is 447 g/mol. The average Bonchev–Trinajstić information content (AvgIpc) is 2.74. The molecule has 0 aromatic heterocycles. The number of carbonyl (C=O) groups is 1. The highest BCUT2D eigenvalue weighted by molar-refractivity contribution is 9.10. The van der Waals surface area contributed by atoms with E-state index in [-0.39, 0.29) is 5.91 Å². The van der Waals surface area contributed by atoms with Crippen LogP contribution in [0.3, 0.4) is 0 Å². The van der Waals surface area contributed by atoms with Gasteiger partial charge in [0.25, 0.3) is 5.91 Å². The van der Waals surface area contributed by atoms with Gasteiger partial charge in [-0.15, -0.1) is 0 Å². The normalized spacial score (nSPS) is 14.0. The van der Waals surface area contributed by atoms with E-state index in [1.165, 1.54) is 16.7 Å². The number of hydrogen-bond donors (Lipinski definition) is 1. The Hall–Kier alpha value is -2.76. The largest absolute Gasteiger partial charge is 0.294 e. The molecule has 4 nitrogen and oxygen atoms in total. The van der Waals surface area contributed by atoms with Crippen LogP contribution in [0, 0.1) is 0 Å². The Morgan fingerprint density at radius 1 is 1.03 bits per heavy atom. The van der Waals surface area contributed by atoms with Gasteiger partial charge in [0.2, 0.25) is 0 Å². The molecule has 0 radical (unpaired) electrons. The molecule has 29 heavy (non-hydrogen) atoms. The van der Waals surface area contributed by atoms with Gasteiger partial charge in [-0.25, -0.2) is 5.43 Å². The Labute approximate surface area is 179 Å². The Balaban J connectivity index is 1.32. The average molecular weight is 448 g/mol. The lowest BCUT2D eigenvalue weighted by molar-refractivity contribution is 0.0955. The number of rotatable bonds is 5. The third-order valence-corrected chi connectivity index (χ3v) is 5.55. The smallest absolute Gasteiger partial charge is 0.271 e. The number of hydrazone groups is 1. The summed E-state index contributed by atoms with van der Waals surface area (Å²) in [7, 11) is 0. The fraction of sp³-hybridized carbons (Fsp3) is 0.167. The van der Waals surface area contributed by atoms with Gasteiger partial charge in [0.15, 0.2) is 0 Å². The summed E-state index contributed by atoms with van der Waals surface area (Å²) in [4.78, 5) is 14.7. The lowest BCUT2D eigenvalue weighted by Crippen LogP contribution is -2.30. The van der Waals surface area contributed by atoms with Crippen LogP contribution in [0.1, 0.15) is 32.6 Å². The first-order valence-corrected chi connectivity index (χ1v) is 10.4. The van der Waals surface area contributed by atoms with Crippen molar-refractivity contribution in [2.45, 2.75) is 19.5 Å². The zero-order valence-electron chi connectivity index (χ0n) is 16.0. The number of nitrogens with zero attached hydrogens (tertiary/aromatic N) is 2. The van der Waals surface area contributed by atoms with E-state index < -0.39 is 0 Å². The van der Waals surface area contributed by atoms with Crippen molar-refractivity contribution in [2.75, 3.05) is 6.54 Å². The van der Waals surface area contributed by atoms with E-state index in [1.54, 1.807) is 6.21 Å². The van der Waals surface area contributed by atoms with Crippen molar-refractivity contribution in [3.63, 3.8) is 0 Å². The van der Waals surface area contributed by atoms with Gasteiger partial charge < -0.3 is 0 Å². The molecule has 3 aromatic carbocycles. The standard InChI is InChI=1S/C24H22BrN3O/c25-23-7-3-4-19(14-23)15-26-27-24(29)21-10-8-18(9-11-21)16-28-13-12-20-5-1-2-6-22(20)17-28/h1-11,14-15H,12-13,16-17H2,(H,27,29). The first-order valence-electron chi connectivity index (χ1n) is 9.64. The zero-order chi connectivity index (χ0) is 20.1. The second-order valence-corrected chi connectivity index (χ2v) is 8.10. The van der Waals surface area contributed by atoms with Crippen LogP contribution in [0.4, 0.5) is 0 Å². The molecule has 0 bridgehead atoms. The van der Waals surface area contributed by atoms with Crippen LogP contribution in [-0.2, 0) is 19.5 Å². The quantitative estimate of drug-likeness (QED) is 0.452. The molecular weight excluding hydrogens is 426 g/mol. The molecule has 3 aromatic rings. The second-order valence-electron chi connectivity index (χ2n) is 7.18. The minimum atomic E-state index is -0.213. The maximum absolute atomic E-state index is 12.3. The number of fused-ring (bicyclic) bond motifs is 1. The van der Waals surface area contributed by atoms with E-state index in [2.05, 4.69) is 55.6 Å². The Bertz CT molecular complexity index is 1030. The zero-order valence-corrected chi connectivity index (χ0v) is 17.6. The first kappa shape index (κ1) is 19.6. The van der Waals surface area contributed by atoms with E-state index >= 15 is 0 Å². The van der Waals surface area contributed by atoms with Crippen LogP contribution in [0.15, 0.2) is 82.4 Å². The second kappa shape index (κ2) is 9.16. The van der Waals surface area contributed by atoms with Crippen molar-refractivity contribution in [2.24, 2.45) is 5.10 Å². The number of amides is 1. The maximum Gasteiger partial charge on any atom is 0.271 e. The minimum Gasteiger partial charge on any atom is -0.294 e. The fourth-order valence-corrected chi connectivity index (χ4v) is 3.94. The van der Waals surface area contributed by atoms with Crippen molar-refractivity contribution in [3.8, 4) is 0 Å². The summed E-state index contributed by atoms with van der Waals surface area (Å²) in [5.41, 5.74) is 8.18. The van der Waals surface area contributed by atoms with Gasteiger partial charge in [-0.3, -0.25) is 9.69 Å². The van der Waals surface area contributed by atoms with Crippen LogP contribution in [0.5, 0.6) is 0 Å². The van der Waals surface area contributed by atoms with Crippen molar-refractivity contribution < 1.29 is 4.79 Å². The van der Waals surface area contributed by atoms with E-state index in [1.807, 2.05) is 48.5 Å². The van der Waals surface area contributed by atoms with Gasteiger partial charge >= 0.3 is 0 Å². The van der Waals surface area contributed by atoms with Gasteiger partial charge in [-0.05, 0) is 52.9 Å². The van der Waals surface area contributed by atoms with E-state index in [4.69, 9.17) is 0 Å². The summed E-state index contributed by atoms with van der Waals surface area (Å²) < 4.78 is 0.973. The molecule has 0 atom stereocenters. The highest BCUT2D eigenvalue weighted by atomic mass is 79.9. The molecule has 4 rings (SSSR count). The molecule has 5 heteroatoms. The van der Waals surface area contributed by atoms with Crippen molar-refractivity contribution in [1.29, 1.82) is 0 Å². The Morgan fingerprint density at radius 3 is 2.62 bits per heavy atom. The molecule has 1 N–H and O–H groups in total. The molecule has 146 valence electrons. The van der Waals surface area contributed by atoms with Crippen molar-refractivity contribution in [3.05, 3.63) is 105 Å². The van der Waals surface area contributed by atoms with Crippen molar-refractivity contribution in [1.82, 2.24) is 10.3 Å². The minimum absolute atomic E-state index is 0.213. The summed E-state index contributed by atoms with van der Waals surface area (Å²) in [6, 6.07) is 24.1. The molecule has 0 saturated carbocycles.